The SMILES string of the molecule is CC1(C)COP(=O)(C(O)c2ccc(Cl)cc2Cl)OC1. The van der Waals surface area contributed by atoms with E-state index >= 15 is 0 Å². The van der Waals surface area contributed by atoms with Crippen molar-refractivity contribution in [3.63, 3.8) is 0 Å². The van der Waals surface area contributed by atoms with E-state index in [0.29, 0.717) is 5.02 Å². The van der Waals surface area contributed by atoms with E-state index in [4.69, 9.17) is 32.2 Å². The van der Waals surface area contributed by atoms with Crippen LogP contribution in [0.4, 0.5) is 0 Å². The molecular formula is C12H15Cl2O4P. The van der Waals surface area contributed by atoms with Gasteiger partial charge in [0.05, 0.1) is 13.2 Å². The zero-order chi connectivity index (χ0) is 14.3. The number of halogens is 2. The zero-order valence-corrected chi connectivity index (χ0v) is 13.0. The molecule has 1 aromatic carbocycles. The summed E-state index contributed by atoms with van der Waals surface area (Å²) in [6, 6.07) is 4.55. The summed E-state index contributed by atoms with van der Waals surface area (Å²) in [7, 11) is -3.62. The summed E-state index contributed by atoms with van der Waals surface area (Å²) < 4.78 is 23.0. The van der Waals surface area contributed by atoms with Crippen molar-refractivity contribution in [1.29, 1.82) is 0 Å². The van der Waals surface area contributed by atoms with Gasteiger partial charge in [0.25, 0.3) is 0 Å². The van der Waals surface area contributed by atoms with E-state index in [1.54, 1.807) is 6.07 Å². The third-order valence-electron chi connectivity index (χ3n) is 2.81. The van der Waals surface area contributed by atoms with Crippen molar-refractivity contribution in [2.24, 2.45) is 5.41 Å². The molecule has 0 amide bonds. The fourth-order valence-electron chi connectivity index (χ4n) is 1.63. The highest BCUT2D eigenvalue weighted by molar-refractivity contribution is 7.54. The highest BCUT2D eigenvalue weighted by Crippen LogP contribution is 2.63. The molecule has 1 aromatic rings. The van der Waals surface area contributed by atoms with E-state index in [-0.39, 0.29) is 29.2 Å². The van der Waals surface area contributed by atoms with E-state index in [0.717, 1.165) is 0 Å². The molecule has 1 fully saturated rings. The molecule has 7 heteroatoms. The Morgan fingerprint density at radius 1 is 1.32 bits per heavy atom. The molecule has 1 aliphatic rings. The number of aliphatic hydroxyl groups excluding tert-OH is 1. The normalized spacial score (nSPS) is 23.0. The van der Waals surface area contributed by atoms with Gasteiger partial charge >= 0.3 is 7.60 Å². The van der Waals surface area contributed by atoms with Crippen molar-refractivity contribution >= 4 is 30.8 Å². The predicted molar refractivity (Wildman–Crippen MR) is 74.7 cm³/mol. The summed E-state index contributed by atoms with van der Waals surface area (Å²) in [5.41, 5.74) is 0.0614. The maximum Gasteiger partial charge on any atom is 0.363 e. The largest absolute Gasteiger partial charge is 0.376 e. The van der Waals surface area contributed by atoms with Gasteiger partial charge in [-0.15, -0.1) is 0 Å². The third-order valence-corrected chi connectivity index (χ3v) is 5.23. The Morgan fingerprint density at radius 2 is 1.89 bits per heavy atom. The molecule has 1 unspecified atom stereocenters. The molecule has 0 aliphatic carbocycles. The molecule has 1 heterocycles. The van der Waals surface area contributed by atoms with Crippen LogP contribution >= 0.6 is 30.8 Å². The van der Waals surface area contributed by atoms with Gasteiger partial charge in [-0.25, -0.2) is 0 Å². The first-order valence-electron chi connectivity index (χ1n) is 5.75. The second-order valence-electron chi connectivity index (χ2n) is 5.29. The van der Waals surface area contributed by atoms with Crippen molar-refractivity contribution in [3.8, 4) is 0 Å². The van der Waals surface area contributed by atoms with Crippen LogP contribution in [-0.2, 0) is 13.6 Å². The molecule has 1 N–H and O–H groups in total. The average molecular weight is 325 g/mol. The molecule has 2 rings (SSSR count). The Balaban J connectivity index is 2.24. The van der Waals surface area contributed by atoms with Crippen LogP contribution in [0.25, 0.3) is 0 Å². The highest BCUT2D eigenvalue weighted by atomic mass is 35.5. The lowest BCUT2D eigenvalue weighted by Crippen LogP contribution is -2.30. The molecule has 0 radical (unpaired) electrons. The predicted octanol–water partition coefficient (Wildman–Crippen LogP) is 4.25. The van der Waals surface area contributed by atoms with Gasteiger partial charge in [-0.1, -0.05) is 43.1 Å². The minimum atomic E-state index is -3.62. The summed E-state index contributed by atoms with van der Waals surface area (Å²) in [6.07, 6.45) is 0. The topological polar surface area (TPSA) is 55.8 Å². The summed E-state index contributed by atoms with van der Waals surface area (Å²) in [5, 5.41) is 10.9. The van der Waals surface area contributed by atoms with E-state index in [9.17, 15) is 9.67 Å². The van der Waals surface area contributed by atoms with Crippen LogP contribution < -0.4 is 0 Å². The molecule has 1 aliphatic heterocycles. The van der Waals surface area contributed by atoms with Crippen LogP contribution in [-0.4, -0.2) is 18.3 Å². The van der Waals surface area contributed by atoms with E-state index in [2.05, 4.69) is 0 Å². The summed E-state index contributed by atoms with van der Waals surface area (Å²) >= 11 is 11.8. The van der Waals surface area contributed by atoms with Gasteiger partial charge in [0.15, 0.2) is 5.85 Å². The maximum atomic E-state index is 12.5. The first kappa shape index (κ1) is 15.3. The van der Waals surface area contributed by atoms with Crippen LogP contribution in [0.1, 0.15) is 25.3 Å². The second kappa shape index (κ2) is 5.36. The average Bonchev–Trinajstić information content (AvgIpc) is 2.33. The first-order chi connectivity index (χ1) is 8.73. The van der Waals surface area contributed by atoms with Gasteiger partial charge in [-0.05, 0) is 12.1 Å². The van der Waals surface area contributed by atoms with Crippen molar-refractivity contribution in [2.75, 3.05) is 13.2 Å². The quantitative estimate of drug-likeness (QED) is 0.826. The van der Waals surface area contributed by atoms with E-state index in [1.165, 1.54) is 12.1 Å². The fraction of sp³-hybridized carbons (Fsp3) is 0.500. The summed E-state index contributed by atoms with van der Waals surface area (Å²) in [5.74, 6) is -1.41. The fourth-order valence-corrected chi connectivity index (χ4v) is 4.20. The van der Waals surface area contributed by atoms with Crippen molar-refractivity contribution in [2.45, 2.75) is 19.7 Å². The molecule has 106 valence electrons. The molecule has 4 nitrogen and oxygen atoms in total. The van der Waals surface area contributed by atoms with Crippen LogP contribution in [0, 0.1) is 5.41 Å². The van der Waals surface area contributed by atoms with Gasteiger partial charge in [-0.2, -0.15) is 0 Å². The van der Waals surface area contributed by atoms with Gasteiger partial charge in [-0.3, -0.25) is 4.57 Å². The van der Waals surface area contributed by atoms with Gasteiger partial charge in [0, 0.05) is 21.0 Å². The Bertz CT molecular complexity index is 518. The lowest BCUT2D eigenvalue weighted by atomic mass is 9.97. The molecule has 0 bridgehead atoms. The van der Waals surface area contributed by atoms with Crippen LogP contribution in [0.3, 0.4) is 0 Å². The minimum Gasteiger partial charge on any atom is -0.376 e. The Labute approximate surface area is 122 Å². The van der Waals surface area contributed by atoms with Crippen molar-refractivity contribution < 1.29 is 18.7 Å². The minimum absolute atomic E-state index is 0.225. The molecule has 19 heavy (non-hydrogen) atoms. The van der Waals surface area contributed by atoms with Crippen molar-refractivity contribution in [3.05, 3.63) is 33.8 Å². The Kier molecular flexibility index (Phi) is 4.32. The number of hydrogen-bond donors (Lipinski definition) is 1. The Morgan fingerprint density at radius 3 is 2.42 bits per heavy atom. The molecule has 1 atom stereocenters. The van der Waals surface area contributed by atoms with Crippen LogP contribution in [0.5, 0.6) is 0 Å². The van der Waals surface area contributed by atoms with Crippen LogP contribution in [0.2, 0.25) is 10.0 Å². The van der Waals surface area contributed by atoms with Crippen LogP contribution in [0.15, 0.2) is 18.2 Å². The number of aliphatic hydroxyl groups is 1. The van der Waals surface area contributed by atoms with Gasteiger partial charge in [0.2, 0.25) is 0 Å². The van der Waals surface area contributed by atoms with Gasteiger partial charge in [0.1, 0.15) is 0 Å². The number of benzene rings is 1. The standard InChI is InChI=1S/C12H15Cl2O4P/c1-12(2)6-17-19(16,18-7-12)11(15)9-4-3-8(13)5-10(9)14/h3-5,11,15H,6-7H2,1-2H3. The van der Waals surface area contributed by atoms with E-state index < -0.39 is 13.4 Å². The summed E-state index contributed by atoms with van der Waals surface area (Å²) in [6.45, 7) is 4.37. The highest BCUT2D eigenvalue weighted by Gasteiger charge is 2.43. The lowest BCUT2D eigenvalue weighted by Gasteiger charge is -2.36. The smallest absolute Gasteiger partial charge is 0.363 e. The number of hydrogen-bond acceptors (Lipinski definition) is 4. The molecule has 1 saturated heterocycles. The second-order valence-corrected chi connectivity index (χ2v) is 8.22. The monoisotopic (exact) mass is 324 g/mol. The molecular weight excluding hydrogens is 310 g/mol. The maximum absolute atomic E-state index is 12.5. The zero-order valence-electron chi connectivity index (χ0n) is 10.6. The van der Waals surface area contributed by atoms with E-state index in [1.807, 2.05) is 13.8 Å². The molecule has 0 spiro atoms. The Hall–Kier alpha value is -0.0900. The molecule has 0 aromatic heterocycles. The molecule has 0 saturated carbocycles. The van der Waals surface area contributed by atoms with Gasteiger partial charge < -0.3 is 14.2 Å². The third kappa shape index (κ3) is 3.33. The number of rotatable bonds is 2. The lowest BCUT2D eigenvalue weighted by molar-refractivity contribution is 0.0229. The van der Waals surface area contributed by atoms with Crippen molar-refractivity contribution in [1.82, 2.24) is 0 Å². The first-order valence-corrected chi connectivity index (χ1v) is 8.12. The summed E-state index contributed by atoms with van der Waals surface area (Å²) in [4.78, 5) is 0.